The van der Waals surface area contributed by atoms with Crippen molar-refractivity contribution in [3.05, 3.63) is 10.4 Å². The van der Waals surface area contributed by atoms with Crippen LogP contribution in [0.2, 0.25) is 0 Å². The molecule has 4 aliphatic carbocycles. The number of carbonyl (C=O) groups excluding carboxylic acids is 2. The summed E-state index contributed by atoms with van der Waals surface area (Å²) >= 11 is 0. The van der Waals surface area contributed by atoms with Gasteiger partial charge in [-0.3, -0.25) is 9.59 Å². The molecule has 27 heavy (non-hydrogen) atoms. The maximum Gasteiger partial charge on any atom is 0.142 e. The minimum Gasteiger partial charge on any atom is -0.393 e. The molecule has 6 heteroatoms. The second-order valence-electron chi connectivity index (χ2n) is 10.1. The van der Waals surface area contributed by atoms with Crippen molar-refractivity contribution in [3.63, 3.8) is 0 Å². The molecule has 1 N–H and O–H groups in total. The van der Waals surface area contributed by atoms with Crippen molar-refractivity contribution >= 4 is 11.6 Å². The molecule has 0 aromatic heterocycles. The molecular formula is C21H31N3O3. The molecule has 0 aromatic rings. The summed E-state index contributed by atoms with van der Waals surface area (Å²) in [6, 6.07) is 0. The van der Waals surface area contributed by atoms with Gasteiger partial charge in [0.1, 0.15) is 11.6 Å². The average molecular weight is 373 g/mol. The van der Waals surface area contributed by atoms with Crippen LogP contribution in [-0.4, -0.2) is 29.3 Å². The highest BCUT2D eigenvalue weighted by atomic mass is 16.3. The van der Waals surface area contributed by atoms with Crippen LogP contribution >= 0.6 is 0 Å². The van der Waals surface area contributed by atoms with E-state index in [9.17, 15) is 14.7 Å². The van der Waals surface area contributed by atoms with Gasteiger partial charge in [-0.15, -0.1) is 0 Å². The van der Waals surface area contributed by atoms with Crippen molar-refractivity contribution in [2.75, 3.05) is 6.54 Å². The smallest absolute Gasteiger partial charge is 0.142 e. The van der Waals surface area contributed by atoms with Crippen LogP contribution in [-0.2, 0) is 9.59 Å². The van der Waals surface area contributed by atoms with Crippen molar-refractivity contribution < 1.29 is 14.7 Å². The number of carbonyl (C=O) groups is 2. The molecule has 6 nitrogen and oxygen atoms in total. The Labute approximate surface area is 160 Å². The zero-order valence-corrected chi connectivity index (χ0v) is 16.4. The third-order valence-corrected chi connectivity index (χ3v) is 9.00. The Balaban J connectivity index is 1.62. The van der Waals surface area contributed by atoms with Gasteiger partial charge in [0.15, 0.2) is 0 Å². The first-order valence-corrected chi connectivity index (χ1v) is 10.6. The number of hydrogen-bond acceptors (Lipinski definition) is 4. The van der Waals surface area contributed by atoms with E-state index in [2.05, 4.69) is 23.9 Å². The number of azide groups is 1. The van der Waals surface area contributed by atoms with Gasteiger partial charge in [0, 0.05) is 23.2 Å². The van der Waals surface area contributed by atoms with Crippen LogP contribution in [0, 0.1) is 40.4 Å². The Morgan fingerprint density at radius 3 is 2.74 bits per heavy atom. The highest BCUT2D eigenvalue weighted by Gasteiger charge is 2.63. The van der Waals surface area contributed by atoms with Crippen LogP contribution in [0.15, 0.2) is 5.11 Å². The van der Waals surface area contributed by atoms with Crippen LogP contribution in [0.5, 0.6) is 0 Å². The third kappa shape index (κ3) is 2.75. The number of Topliss-reactive ketones (excluding diaryl/α,β-unsaturated/α-hetero) is 2. The lowest BCUT2D eigenvalue weighted by molar-refractivity contribution is -0.162. The van der Waals surface area contributed by atoms with E-state index in [0.29, 0.717) is 30.0 Å². The van der Waals surface area contributed by atoms with E-state index >= 15 is 0 Å². The predicted octanol–water partition coefficient (Wildman–Crippen LogP) is 4.06. The van der Waals surface area contributed by atoms with Crippen LogP contribution in [0.4, 0.5) is 0 Å². The molecule has 4 fully saturated rings. The van der Waals surface area contributed by atoms with Gasteiger partial charge >= 0.3 is 0 Å². The van der Waals surface area contributed by atoms with E-state index in [0.717, 1.165) is 44.9 Å². The molecule has 0 unspecified atom stereocenters. The first-order valence-electron chi connectivity index (χ1n) is 10.6. The SMILES string of the molecule is C[C@]12CC[C@@H](O)C[C@H]1CC[C@H]1[C@@H]3CC[C@H](C(=O)CN=[N+]=[N-])[C@@]3(C)CC(=O)[C@@H]12. The molecule has 148 valence electrons. The molecule has 8 atom stereocenters. The molecule has 0 saturated heterocycles. The van der Waals surface area contributed by atoms with Crippen molar-refractivity contribution in [1.29, 1.82) is 0 Å². The lowest BCUT2D eigenvalue weighted by Crippen LogP contribution is -2.58. The summed E-state index contributed by atoms with van der Waals surface area (Å²) in [4.78, 5) is 28.8. The number of hydrogen-bond donors (Lipinski definition) is 1. The van der Waals surface area contributed by atoms with Gasteiger partial charge in [-0.2, -0.15) is 0 Å². The van der Waals surface area contributed by atoms with Crippen molar-refractivity contribution in [3.8, 4) is 0 Å². The Hall–Kier alpha value is -1.39. The molecule has 0 bridgehead atoms. The summed E-state index contributed by atoms with van der Waals surface area (Å²) in [5.74, 6) is 1.49. The minimum atomic E-state index is -0.280. The molecule has 0 aromatic carbocycles. The van der Waals surface area contributed by atoms with Gasteiger partial charge < -0.3 is 5.11 Å². The third-order valence-electron chi connectivity index (χ3n) is 9.00. The molecule has 0 amide bonds. The highest BCUT2D eigenvalue weighted by molar-refractivity contribution is 5.88. The maximum absolute atomic E-state index is 13.4. The number of aliphatic hydroxyl groups excluding tert-OH is 1. The second-order valence-corrected chi connectivity index (χ2v) is 10.1. The summed E-state index contributed by atoms with van der Waals surface area (Å²) in [5, 5.41) is 13.6. The van der Waals surface area contributed by atoms with E-state index in [1.54, 1.807) is 0 Å². The fourth-order valence-electron chi connectivity index (χ4n) is 7.79. The number of aliphatic hydroxyl groups is 1. The largest absolute Gasteiger partial charge is 0.393 e. The van der Waals surface area contributed by atoms with Gasteiger partial charge in [-0.1, -0.05) is 19.0 Å². The lowest BCUT2D eigenvalue weighted by atomic mass is 9.44. The van der Waals surface area contributed by atoms with Gasteiger partial charge in [0.2, 0.25) is 0 Å². The van der Waals surface area contributed by atoms with Crippen LogP contribution < -0.4 is 0 Å². The molecule has 0 heterocycles. The number of fused-ring (bicyclic) bond motifs is 5. The Kier molecular flexibility index (Phi) is 4.63. The van der Waals surface area contributed by atoms with Crippen molar-refractivity contribution in [2.24, 2.45) is 45.5 Å². The minimum absolute atomic E-state index is 0.00439. The Morgan fingerprint density at radius 1 is 1.22 bits per heavy atom. The summed E-state index contributed by atoms with van der Waals surface area (Å²) in [6.07, 6.45) is 6.80. The zero-order chi connectivity index (χ0) is 19.4. The van der Waals surface area contributed by atoms with E-state index < -0.39 is 0 Å². The predicted molar refractivity (Wildman–Crippen MR) is 101 cm³/mol. The van der Waals surface area contributed by atoms with Gasteiger partial charge in [0.25, 0.3) is 0 Å². The van der Waals surface area contributed by atoms with Crippen LogP contribution in [0.25, 0.3) is 10.4 Å². The highest BCUT2D eigenvalue weighted by Crippen LogP contribution is 2.66. The van der Waals surface area contributed by atoms with E-state index in [4.69, 9.17) is 5.53 Å². The average Bonchev–Trinajstić information content (AvgIpc) is 2.96. The normalized spacial score (nSPS) is 48.8. The quantitative estimate of drug-likeness (QED) is 0.458. The van der Waals surface area contributed by atoms with Gasteiger partial charge in [0.05, 0.1) is 12.6 Å². The summed E-state index contributed by atoms with van der Waals surface area (Å²) in [6.45, 7) is 4.33. The molecule has 4 aliphatic rings. The first-order chi connectivity index (χ1) is 12.8. The van der Waals surface area contributed by atoms with E-state index in [1.165, 1.54) is 0 Å². The fraction of sp³-hybridized carbons (Fsp3) is 0.905. The van der Waals surface area contributed by atoms with Gasteiger partial charge in [-0.05, 0) is 79.1 Å². The summed E-state index contributed by atoms with van der Waals surface area (Å²) < 4.78 is 0. The molecule has 0 radical (unpaired) electrons. The molecule has 4 rings (SSSR count). The second kappa shape index (κ2) is 6.59. The molecule has 4 saturated carbocycles. The fourth-order valence-corrected chi connectivity index (χ4v) is 7.79. The Morgan fingerprint density at radius 2 is 2.00 bits per heavy atom. The molecule has 0 aliphatic heterocycles. The Bertz CT molecular complexity index is 703. The number of ketones is 2. The number of nitrogens with zero attached hydrogens (tertiary/aromatic N) is 3. The van der Waals surface area contributed by atoms with Gasteiger partial charge in [-0.25, -0.2) is 0 Å². The summed E-state index contributed by atoms with van der Waals surface area (Å²) in [7, 11) is 0. The number of rotatable bonds is 3. The van der Waals surface area contributed by atoms with E-state index in [-0.39, 0.29) is 41.1 Å². The van der Waals surface area contributed by atoms with Crippen molar-refractivity contribution in [2.45, 2.75) is 71.3 Å². The maximum atomic E-state index is 13.4. The lowest BCUT2D eigenvalue weighted by Gasteiger charge is -2.59. The standard InChI is InChI=1S/C21H31N3O3/c1-20-8-7-13(25)9-12(20)3-4-14-15-5-6-16(18(27)11-23-24-22)21(15,2)10-17(26)19(14)20/h12-16,19,25H,3-11H2,1-2H3/t12-,13-,14+,15+,16-,19-,20+,21+/m1/s1. The van der Waals surface area contributed by atoms with Crippen LogP contribution in [0.1, 0.15) is 65.2 Å². The first kappa shape index (κ1) is 18.9. The zero-order valence-electron chi connectivity index (χ0n) is 16.4. The monoisotopic (exact) mass is 373 g/mol. The molecule has 0 spiro atoms. The molecular weight excluding hydrogens is 342 g/mol. The summed E-state index contributed by atoms with van der Waals surface area (Å²) in [5.41, 5.74) is 8.27. The van der Waals surface area contributed by atoms with Crippen LogP contribution in [0.3, 0.4) is 0 Å². The van der Waals surface area contributed by atoms with E-state index in [1.807, 2.05) is 0 Å². The van der Waals surface area contributed by atoms with Crippen molar-refractivity contribution in [1.82, 2.24) is 0 Å². The topological polar surface area (TPSA) is 103 Å².